The van der Waals surface area contributed by atoms with Gasteiger partial charge in [0.05, 0.1) is 0 Å². The molecule has 0 bridgehead atoms. The number of hydrogen-bond donors (Lipinski definition) is 0. The van der Waals surface area contributed by atoms with Gasteiger partial charge in [-0.05, 0) is 0 Å². The summed E-state index contributed by atoms with van der Waals surface area (Å²) in [6, 6.07) is 0. The minimum absolute atomic E-state index is 0. The second-order valence-electron chi connectivity index (χ2n) is 2.69. The third-order valence-electron chi connectivity index (χ3n) is 1.79. The molecule has 0 nitrogen and oxygen atoms in total. The van der Waals surface area contributed by atoms with E-state index in [1.54, 1.807) is 7.58 Å². The second-order valence-corrected chi connectivity index (χ2v) is 6.07. The molecule has 0 unspecified atom stereocenters. The summed E-state index contributed by atoms with van der Waals surface area (Å²) in [6.45, 7) is 0. The van der Waals surface area contributed by atoms with E-state index in [9.17, 15) is 0 Å². The predicted molar refractivity (Wildman–Crippen MR) is 43.7 cm³/mol. The van der Waals surface area contributed by atoms with Gasteiger partial charge in [0.25, 0.3) is 0 Å². The van der Waals surface area contributed by atoms with E-state index < -0.39 is 0 Å². The molecule has 0 spiro atoms. The molecular weight excluding hydrogens is 319 g/mol. The zero-order valence-corrected chi connectivity index (χ0v) is 11.9. The summed E-state index contributed by atoms with van der Waals surface area (Å²) in [4.78, 5) is 0. The van der Waals surface area contributed by atoms with Gasteiger partial charge in [-0.15, -0.1) is 0 Å². The monoisotopic (exact) mass is 328 g/mol. The van der Waals surface area contributed by atoms with Gasteiger partial charge in [0.2, 0.25) is 0 Å². The fourth-order valence-corrected chi connectivity index (χ4v) is 3.89. The molecule has 0 N–H and O–H groups in total. The van der Waals surface area contributed by atoms with E-state index in [4.69, 9.17) is 0 Å². The predicted octanol–water partition coefficient (Wildman–Crippen LogP) is -6.23. The Morgan fingerprint density at radius 1 is 0.786 bits per heavy atom. The van der Waals surface area contributed by atoms with Crippen LogP contribution in [0.15, 0.2) is 44.0 Å². The topological polar surface area (TPSA) is 0 Å². The summed E-state index contributed by atoms with van der Waals surface area (Å²) >= 11 is -0.136. The van der Waals surface area contributed by atoms with Crippen LogP contribution in [-0.2, 0) is 19.8 Å². The summed E-state index contributed by atoms with van der Waals surface area (Å²) < 4.78 is 3.41. The quantitative estimate of drug-likeness (QED) is 0.442. The van der Waals surface area contributed by atoms with Crippen LogP contribution in [-0.4, -0.2) is 0 Å². The molecule has 0 radical (unpaired) electrons. The van der Waals surface area contributed by atoms with Crippen molar-refractivity contribution in [2.75, 3.05) is 0 Å². The summed E-state index contributed by atoms with van der Waals surface area (Å²) in [6.07, 6.45) is 16.0. The first kappa shape index (κ1) is 17.0. The molecule has 0 aromatic rings. The van der Waals surface area contributed by atoms with Crippen molar-refractivity contribution in [2.24, 2.45) is 0 Å². The molecule has 0 heterocycles. The summed E-state index contributed by atoms with van der Waals surface area (Å²) in [5.41, 5.74) is 0. The van der Waals surface area contributed by atoms with Crippen molar-refractivity contribution < 1.29 is 57.0 Å². The molecule has 0 aromatic carbocycles. The van der Waals surface area contributed by atoms with Crippen molar-refractivity contribution in [1.29, 1.82) is 0 Å². The number of halogens is 3. The van der Waals surface area contributed by atoms with E-state index in [0.717, 1.165) is 0 Å². The molecule has 0 atom stereocenters. The van der Waals surface area contributed by atoms with Crippen LogP contribution in [0.1, 0.15) is 12.8 Å². The second kappa shape index (κ2) is 8.84. The van der Waals surface area contributed by atoms with E-state index in [1.807, 2.05) is 0 Å². The standard InChI is InChI=1S/2C5H5.3ClH.Nb/c2*1-2-4-5-3-1;;;;/h2*1-3H,4H2;3*1H;/q;;;;;+3/p-3. The van der Waals surface area contributed by atoms with E-state index in [0.29, 0.717) is 0 Å². The van der Waals surface area contributed by atoms with Crippen LogP contribution in [0.4, 0.5) is 0 Å². The van der Waals surface area contributed by atoms with E-state index in [1.165, 1.54) is 12.8 Å². The van der Waals surface area contributed by atoms with E-state index in [2.05, 4.69) is 36.5 Å². The normalized spacial score (nSPS) is 15.7. The Labute approximate surface area is 113 Å². The molecule has 0 aromatic heterocycles. The van der Waals surface area contributed by atoms with E-state index in [-0.39, 0.29) is 57.0 Å². The summed E-state index contributed by atoms with van der Waals surface area (Å²) in [5.74, 6) is 0. The first-order chi connectivity index (χ1) is 5.45. The van der Waals surface area contributed by atoms with Crippen molar-refractivity contribution in [3.05, 3.63) is 44.0 Å². The Bertz CT molecular complexity index is 249. The average Bonchev–Trinajstić information content (AvgIpc) is 2.60. The Morgan fingerprint density at radius 2 is 1.21 bits per heavy atom. The maximum Gasteiger partial charge on any atom is -1.00 e. The molecule has 0 aliphatic heterocycles. The Kier molecular flexibility index (Phi) is 10.7. The van der Waals surface area contributed by atoms with Crippen LogP contribution in [0.2, 0.25) is 0 Å². The molecule has 14 heavy (non-hydrogen) atoms. The smallest absolute Gasteiger partial charge is 1.00 e. The third kappa shape index (κ3) is 4.88. The Morgan fingerprint density at radius 3 is 1.50 bits per heavy atom. The number of hydrogen-bond acceptors (Lipinski definition) is 0. The first-order valence-electron chi connectivity index (χ1n) is 3.88. The molecule has 0 saturated carbocycles. The summed E-state index contributed by atoms with van der Waals surface area (Å²) in [5, 5.41) is 0. The van der Waals surface area contributed by atoms with Gasteiger partial charge >= 0.3 is 76.6 Å². The van der Waals surface area contributed by atoms with Gasteiger partial charge in [0.15, 0.2) is 0 Å². The number of rotatable bonds is 2. The average molecular weight is 329 g/mol. The van der Waals surface area contributed by atoms with Crippen molar-refractivity contribution in [1.82, 2.24) is 0 Å². The minimum Gasteiger partial charge on any atom is -1.00 e. The van der Waals surface area contributed by atoms with Gasteiger partial charge in [-0.2, -0.15) is 0 Å². The molecular formula is C10H10Cl3Nb. The van der Waals surface area contributed by atoms with Gasteiger partial charge in [0, 0.05) is 0 Å². The van der Waals surface area contributed by atoms with Crippen LogP contribution in [0.3, 0.4) is 0 Å². The molecule has 0 saturated heterocycles. The molecule has 4 heteroatoms. The molecule has 0 amide bonds. The molecule has 0 fully saturated rings. The molecule has 76 valence electrons. The van der Waals surface area contributed by atoms with Crippen molar-refractivity contribution in [3.63, 3.8) is 0 Å². The maximum atomic E-state index is 2.30. The van der Waals surface area contributed by atoms with Gasteiger partial charge in [-0.1, -0.05) is 0 Å². The minimum atomic E-state index is -0.136. The third-order valence-corrected chi connectivity index (χ3v) is 4.83. The molecule has 2 aliphatic rings. The zero-order valence-electron chi connectivity index (χ0n) is 7.46. The largest absolute Gasteiger partial charge is 1.00 e. The number of allylic oxidation sites excluding steroid dienone is 8. The van der Waals surface area contributed by atoms with Crippen molar-refractivity contribution in [3.8, 4) is 0 Å². The van der Waals surface area contributed by atoms with Gasteiger partial charge in [0.1, 0.15) is 0 Å². The maximum absolute atomic E-state index is 2.30. The van der Waals surface area contributed by atoms with Crippen LogP contribution < -0.4 is 37.2 Å². The zero-order chi connectivity index (χ0) is 7.52. The van der Waals surface area contributed by atoms with Crippen LogP contribution >= 0.6 is 0 Å². The van der Waals surface area contributed by atoms with E-state index >= 15 is 0 Å². The van der Waals surface area contributed by atoms with Crippen LogP contribution in [0.25, 0.3) is 0 Å². The Hall–Kier alpha value is 0.570. The van der Waals surface area contributed by atoms with Crippen LogP contribution in [0, 0.1) is 0 Å². The van der Waals surface area contributed by atoms with Gasteiger partial charge < -0.3 is 37.2 Å². The molecule has 2 rings (SSSR count). The van der Waals surface area contributed by atoms with Crippen molar-refractivity contribution in [2.45, 2.75) is 12.8 Å². The summed E-state index contributed by atoms with van der Waals surface area (Å²) in [7, 11) is 0. The fourth-order valence-electron chi connectivity index (χ4n) is 1.22. The fraction of sp³-hybridized carbons (Fsp3) is 0.200. The van der Waals surface area contributed by atoms with Gasteiger partial charge in [-0.3, -0.25) is 0 Å². The Balaban J connectivity index is 0. The van der Waals surface area contributed by atoms with Crippen LogP contribution in [0.5, 0.6) is 0 Å². The van der Waals surface area contributed by atoms with Crippen molar-refractivity contribution >= 4 is 0 Å². The van der Waals surface area contributed by atoms with Gasteiger partial charge in [-0.25, -0.2) is 0 Å². The first-order valence-corrected chi connectivity index (χ1v) is 6.08. The molecule has 2 aliphatic carbocycles. The SMILES string of the molecule is C1=CC[C]([Nb+3][C]2=CC=CC2)=C1.[Cl-].[Cl-].[Cl-].